The number of hydrogen-bond donors (Lipinski definition) is 1. The zero-order chi connectivity index (χ0) is 17.7. The first kappa shape index (κ1) is 18.7. The number of nitrogens with zero attached hydrogens (tertiary/aromatic N) is 1. The Morgan fingerprint density at radius 3 is 2.38 bits per heavy atom. The average Bonchev–Trinajstić information content (AvgIpc) is 2.55. The van der Waals surface area contributed by atoms with E-state index in [0.717, 1.165) is 0 Å². The number of carbonyl (C=O) groups excluding carboxylic acids is 1. The van der Waals surface area contributed by atoms with Gasteiger partial charge in [0.2, 0.25) is 15.9 Å². The Kier molecular flexibility index (Phi) is 6.23. The summed E-state index contributed by atoms with van der Waals surface area (Å²) in [7, 11) is -3.63. The normalized spacial score (nSPS) is 11.3. The highest BCUT2D eigenvalue weighted by Crippen LogP contribution is 2.32. The minimum Gasteiger partial charge on any atom is -0.310 e. The molecule has 0 bridgehead atoms. The van der Waals surface area contributed by atoms with Crippen LogP contribution in [0.15, 0.2) is 53.4 Å². The van der Waals surface area contributed by atoms with Crippen LogP contribution in [-0.2, 0) is 14.8 Å². The molecule has 2 aromatic carbocycles. The summed E-state index contributed by atoms with van der Waals surface area (Å²) in [6, 6.07) is 13.0. The highest BCUT2D eigenvalue weighted by molar-refractivity contribution is 7.89. The monoisotopic (exact) mass is 386 g/mol. The van der Waals surface area contributed by atoms with Crippen LogP contribution in [0.1, 0.15) is 6.92 Å². The van der Waals surface area contributed by atoms with E-state index in [-0.39, 0.29) is 28.9 Å². The molecule has 1 amide bonds. The molecule has 0 atom stereocenters. The predicted octanol–water partition coefficient (Wildman–Crippen LogP) is 3.32. The summed E-state index contributed by atoms with van der Waals surface area (Å²) in [5, 5.41) is 0.575. The van der Waals surface area contributed by atoms with E-state index in [1.165, 1.54) is 24.0 Å². The van der Waals surface area contributed by atoms with Crippen molar-refractivity contribution < 1.29 is 13.2 Å². The van der Waals surface area contributed by atoms with Gasteiger partial charge in [-0.15, -0.1) is 0 Å². The first-order chi connectivity index (χ1) is 11.3. The smallest absolute Gasteiger partial charge is 0.240 e. The third kappa shape index (κ3) is 4.48. The molecule has 0 aromatic heterocycles. The molecule has 1 N–H and O–H groups in total. The summed E-state index contributed by atoms with van der Waals surface area (Å²) in [6.07, 6.45) is 0. The molecule has 24 heavy (non-hydrogen) atoms. The molecule has 0 unspecified atom stereocenters. The Morgan fingerprint density at radius 1 is 1.08 bits per heavy atom. The average molecular weight is 387 g/mol. The molecule has 0 heterocycles. The second-order valence-corrected chi connectivity index (χ2v) is 7.51. The van der Waals surface area contributed by atoms with E-state index in [1.54, 1.807) is 36.4 Å². The molecule has 128 valence electrons. The van der Waals surface area contributed by atoms with Crippen LogP contribution >= 0.6 is 23.2 Å². The maximum atomic E-state index is 12.2. The molecule has 0 saturated carbocycles. The van der Waals surface area contributed by atoms with Gasteiger partial charge in [-0.3, -0.25) is 4.79 Å². The molecule has 0 radical (unpaired) electrons. The first-order valence-electron chi connectivity index (χ1n) is 7.10. The summed E-state index contributed by atoms with van der Waals surface area (Å²) in [5.74, 6) is -0.266. The molecule has 0 aliphatic heterocycles. The van der Waals surface area contributed by atoms with Crippen LogP contribution in [-0.4, -0.2) is 27.4 Å². The van der Waals surface area contributed by atoms with Crippen LogP contribution in [0.2, 0.25) is 10.0 Å². The van der Waals surface area contributed by atoms with Crippen molar-refractivity contribution in [1.29, 1.82) is 0 Å². The fourth-order valence-electron chi connectivity index (χ4n) is 2.12. The summed E-state index contributed by atoms with van der Waals surface area (Å²) in [4.78, 5) is 13.4. The number of hydrogen-bond acceptors (Lipinski definition) is 3. The van der Waals surface area contributed by atoms with Crippen LogP contribution in [0.4, 0.5) is 5.69 Å². The van der Waals surface area contributed by atoms with E-state index in [2.05, 4.69) is 4.72 Å². The zero-order valence-electron chi connectivity index (χ0n) is 12.9. The van der Waals surface area contributed by atoms with E-state index >= 15 is 0 Å². The third-order valence-corrected chi connectivity index (χ3v) is 5.57. The van der Waals surface area contributed by atoms with Crippen LogP contribution in [0.3, 0.4) is 0 Å². The lowest BCUT2D eigenvalue weighted by atomic mass is 10.2. The number of carbonyl (C=O) groups is 1. The Bertz CT molecular complexity index is 826. The zero-order valence-corrected chi connectivity index (χ0v) is 15.2. The van der Waals surface area contributed by atoms with E-state index in [9.17, 15) is 13.2 Å². The van der Waals surface area contributed by atoms with E-state index in [0.29, 0.717) is 10.7 Å². The molecular formula is C16H16Cl2N2O3S. The fourth-order valence-corrected chi connectivity index (χ4v) is 3.56. The van der Waals surface area contributed by atoms with Gasteiger partial charge in [0, 0.05) is 20.0 Å². The van der Waals surface area contributed by atoms with Gasteiger partial charge in [0.05, 0.1) is 20.6 Å². The van der Waals surface area contributed by atoms with E-state index < -0.39 is 10.0 Å². The molecule has 0 aliphatic carbocycles. The number of amides is 1. The lowest BCUT2D eigenvalue weighted by molar-refractivity contribution is -0.116. The highest BCUT2D eigenvalue weighted by Gasteiger charge is 2.18. The van der Waals surface area contributed by atoms with Gasteiger partial charge in [-0.2, -0.15) is 0 Å². The number of anilines is 1. The summed E-state index contributed by atoms with van der Waals surface area (Å²) < 4.78 is 26.8. The Morgan fingerprint density at radius 2 is 1.75 bits per heavy atom. The molecule has 5 nitrogen and oxygen atoms in total. The van der Waals surface area contributed by atoms with Crippen LogP contribution < -0.4 is 9.62 Å². The maximum absolute atomic E-state index is 12.2. The molecule has 8 heteroatoms. The van der Waals surface area contributed by atoms with Gasteiger partial charge in [0.15, 0.2) is 0 Å². The van der Waals surface area contributed by atoms with Gasteiger partial charge < -0.3 is 4.90 Å². The molecule has 0 saturated heterocycles. The molecule has 0 aliphatic rings. The van der Waals surface area contributed by atoms with Crippen molar-refractivity contribution in [3.63, 3.8) is 0 Å². The molecule has 0 fully saturated rings. The summed E-state index contributed by atoms with van der Waals surface area (Å²) in [6.45, 7) is 1.55. The Hall–Kier alpha value is -1.60. The number of sulfonamides is 1. The van der Waals surface area contributed by atoms with Crippen molar-refractivity contribution in [2.24, 2.45) is 0 Å². The van der Waals surface area contributed by atoms with Gasteiger partial charge in [-0.05, 0) is 24.3 Å². The molecule has 2 rings (SSSR count). The topological polar surface area (TPSA) is 66.5 Å². The maximum Gasteiger partial charge on any atom is 0.240 e. The second-order valence-electron chi connectivity index (χ2n) is 4.95. The number of benzene rings is 2. The highest BCUT2D eigenvalue weighted by atomic mass is 35.5. The van der Waals surface area contributed by atoms with Gasteiger partial charge in [-0.25, -0.2) is 13.1 Å². The van der Waals surface area contributed by atoms with Crippen molar-refractivity contribution in [2.75, 3.05) is 18.0 Å². The number of nitrogens with one attached hydrogen (secondary N) is 1. The molecule has 0 spiro atoms. The van der Waals surface area contributed by atoms with E-state index in [4.69, 9.17) is 23.2 Å². The Labute approximate surface area is 151 Å². The minimum absolute atomic E-state index is 0.0413. The predicted molar refractivity (Wildman–Crippen MR) is 96.1 cm³/mol. The summed E-state index contributed by atoms with van der Waals surface area (Å²) in [5.41, 5.74) is 0.440. The van der Waals surface area contributed by atoms with E-state index in [1.807, 2.05) is 0 Å². The quantitative estimate of drug-likeness (QED) is 0.827. The molecular weight excluding hydrogens is 371 g/mol. The van der Waals surface area contributed by atoms with Crippen LogP contribution in [0, 0.1) is 0 Å². The lowest BCUT2D eigenvalue weighted by Crippen LogP contribution is -2.37. The van der Waals surface area contributed by atoms with Gasteiger partial charge >= 0.3 is 0 Å². The lowest BCUT2D eigenvalue weighted by Gasteiger charge is -2.23. The van der Waals surface area contributed by atoms with Crippen LogP contribution in [0.5, 0.6) is 0 Å². The SMILES string of the molecule is CC(=O)N(CCNS(=O)(=O)c1ccccc1)c1cccc(Cl)c1Cl. The molecule has 2 aromatic rings. The van der Waals surface area contributed by atoms with Crippen molar-refractivity contribution >= 4 is 44.8 Å². The standard InChI is InChI=1S/C16H16Cl2N2O3S/c1-12(21)20(15-9-5-8-14(17)16(15)18)11-10-19-24(22,23)13-6-3-2-4-7-13/h2-9,19H,10-11H2,1H3. The Balaban J connectivity index is 2.11. The minimum atomic E-state index is -3.63. The van der Waals surface area contributed by atoms with Gasteiger partial charge in [-0.1, -0.05) is 47.5 Å². The van der Waals surface area contributed by atoms with Crippen LogP contribution in [0.25, 0.3) is 0 Å². The first-order valence-corrected chi connectivity index (χ1v) is 9.33. The second kappa shape index (κ2) is 7.98. The largest absolute Gasteiger partial charge is 0.310 e. The fraction of sp³-hybridized carbons (Fsp3) is 0.188. The third-order valence-electron chi connectivity index (χ3n) is 3.28. The van der Waals surface area contributed by atoms with Gasteiger partial charge in [0.25, 0.3) is 0 Å². The number of halogens is 2. The number of rotatable bonds is 6. The van der Waals surface area contributed by atoms with Crippen molar-refractivity contribution in [2.45, 2.75) is 11.8 Å². The van der Waals surface area contributed by atoms with Gasteiger partial charge in [0.1, 0.15) is 0 Å². The van der Waals surface area contributed by atoms with Crippen molar-refractivity contribution in [3.8, 4) is 0 Å². The van der Waals surface area contributed by atoms with Crippen molar-refractivity contribution in [3.05, 3.63) is 58.6 Å². The van der Waals surface area contributed by atoms with Crippen molar-refractivity contribution in [1.82, 2.24) is 4.72 Å². The summed E-state index contributed by atoms with van der Waals surface area (Å²) >= 11 is 12.1.